The SMILES string of the molecule is COc1ccc(/C=C/C(=O)O[C@@H]2[C@H](O[C@@H]3O[C@H](COC(C)=O)[C@H](O)[C@H](O)[C@H]3O)[C@@H](O[C@@H]3O[C@@H](C)[C@H](O[C@@H]4OC[C@@H](O[C@@H]5O[C@H](CO)[C@@H](O)[C@H](O)[C@H]5O)[C@H](O)[C@H]4O)[C@@H](O)[C@H]3O)[C@H](OC(=O)[C@]34CCC(C)(C)C[C@H]3C3=CC[C@@H]5[C@@]6(C)C[C@H](O)[C@H](O[C@@H]7O[C@H](CO)[C@H](O)[C@H](O)[C@H]7O)[C@@](C)(C(=O)O)[C@@H]6CC[C@@]5(C)[C@]3(CO)CC4)O[C@@H]2C)cc1OC. The second-order valence-electron chi connectivity index (χ2n) is 34.7. The van der Waals surface area contributed by atoms with Crippen LogP contribution in [0.1, 0.15) is 119 Å². The maximum absolute atomic E-state index is 16.5. The first kappa shape index (κ1) is 90.3. The monoisotopic (exact) mass is 1660 g/mol. The van der Waals surface area contributed by atoms with Crippen molar-refractivity contribution < 1.29 is 187 Å². The molecule has 18 N–H and O–H groups in total. The van der Waals surface area contributed by atoms with Crippen LogP contribution in [0.3, 0.4) is 0 Å². The molecule has 0 spiro atoms. The van der Waals surface area contributed by atoms with Crippen LogP contribution in [0.5, 0.6) is 11.5 Å². The zero-order chi connectivity index (χ0) is 84.7. The van der Waals surface area contributed by atoms with Crippen LogP contribution < -0.4 is 9.47 Å². The number of carbonyl (C=O) groups is 4. The van der Waals surface area contributed by atoms with E-state index in [1.54, 1.807) is 18.2 Å². The van der Waals surface area contributed by atoms with Crippen molar-refractivity contribution in [2.45, 2.75) is 304 Å². The number of hydrogen-bond acceptors (Lipinski definition) is 37. The molecule has 116 heavy (non-hydrogen) atoms. The van der Waals surface area contributed by atoms with E-state index in [0.717, 1.165) is 18.6 Å². The summed E-state index contributed by atoms with van der Waals surface area (Å²) < 4.78 is 96.3. The fourth-order valence-corrected chi connectivity index (χ4v) is 20.9. The van der Waals surface area contributed by atoms with E-state index in [1.165, 1.54) is 41.1 Å². The molecule has 0 aromatic heterocycles. The summed E-state index contributed by atoms with van der Waals surface area (Å²) in [7, 11) is 2.83. The molecule has 38 heteroatoms. The highest BCUT2D eigenvalue weighted by molar-refractivity contribution is 5.87. The molecule has 5 aliphatic carbocycles. The van der Waals surface area contributed by atoms with Crippen LogP contribution in [-0.2, 0) is 85.5 Å². The first-order chi connectivity index (χ1) is 54.6. The van der Waals surface area contributed by atoms with Crippen molar-refractivity contribution >= 4 is 30.0 Å². The molecule has 12 rings (SSSR count). The number of benzene rings is 1. The first-order valence-electron chi connectivity index (χ1n) is 39.6. The van der Waals surface area contributed by atoms with Gasteiger partial charge in [0.2, 0.25) is 6.29 Å². The van der Waals surface area contributed by atoms with E-state index in [1.807, 2.05) is 26.8 Å². The normalized spacial score (nSPS) is 48.1. The van der Waals surface area contributed by atoms with Crippen molar-refractivity contribution in [2.75, 3.05) is 47.3 Å². The molecule has 38 nitrogen and oxygen atoms in total. The average Bonchev–Trinajstić information content (AvgIpc) is 0.668. The molecular formula is C78H116O38. The zero-order valence-corrected chi connectivity index (χ0v) is 66.2. The molecule has 39 atom stereocenters. The van der Waals surface area contributed by atoms with Gasteiger partial charge in [-0.2, -0.15) is 0 Å². The highest BCUT2D eigenvalue weighted by Crippen LogP contribution is 2.76. The molecule has 6 saturated heterocycles. The number of carboxylic acids is 1. The van der Waals surface area contributed by atoms with Gasteiger partial charge < -0.3 is 168 Å². The molecule has 1 aromatic rings. The van der Waals surface area contributed by atoms with Gasteiger partial charge in [-0.15, -0.1) is 0 Å². The lowest BCUT2D eigenvalue weighted by atomic mass is 9.33. The molecule has 0 unspecified atom stereocenters. The molecule has 11 aliphatic rings. The minimum atomic E-state index is -2.25. The van der Waals surface area contributed by atoms with Gasteiger partial charge in [-0.1, -0.05) is 45.4 Å². The highest BCUT2D eigenvalue weighted by atomic mass is 16.8. The van der Waals surface area contributed by atoms with E-state index in [9.17, 15) is 106 Å². The number of hydrogen-bond donors (Lipinski definition) is 18. The number of ether oxygens (including phenoxy) is 16. The van der Waals surface area contributed by atoms with Gasteiger partial charge in [-0.3, -0.25) is 14.4 Å². The first-order valence-corrected chi connectivity index (χ1v) is 39.6. The summed E-state index contributed by atoms with van der Waals surface area (Å²) in [6, 6.07) is 4.74. The Morgan fingerprint density at radius 1 is 0.543 bits per heavy atom. The number of allylic oxidation sites excluding steroid dienone is 1. The Bertz CT molecular complexity index is 3660. The smallest absolute Gasteiger partial charge is 0.331 e. The Morgan fingerprint density at radius 2 is 1.09 bits per heavy atom. The Labute approximate surface area is 668 Å². The fraction of sp³-hybridized carbons (Fsp3) is 0.821. The summed E-state index contributed by atoms with van der Waals surface area (Å²) in [6.07, 6.45) is -50.5. The van der Waals surface area contributed by atoms with Gasteiger partial charge in [0.15, 0.2) is 55.2 Å². The van der Waals surface area contributed by atoms with Crippen molar-refractivity contribution in [3.05, 3.63) is 41.5 Å². The molecule has 6 heterocycles. The van der Waals surface area contributed by atoms with Gasteiger partial charge in [-0.05, 0) is 136 Å². The summed E-state index contributed by atoms with van der Waals surface area (Å²) >= 11 is 0. The van der Waals surface area contributed by atoms with Gasteiger partial charge >= 0.3 is 23.9 Å². The number of esters is 3. The standard InChI is InChI=1S/C78H116O38/c1-31-60(112-65-55(93)50(88)43(29-104-65)109-67-56(94)51(89)47(85)40(26-79)107-67)54(92)59(97)66(105-31)114-63-62(113-68-57(95)53(91)49(87)42(110-68)28-103-33(3)82)61(111-46(84)16-12-34-11-14-38(101-9)39(23-34)102-10)32(2)106-70(63)116-72(100)77-20-19-73(4,5)24-36(77)35-13-15-44-74(6)25-37(83)64(115-69-58(96)52(90)48(86)41(27-80)108-69)76(8,71(98)99)45(74)17-18-75(44,7)78(35,30-81)22-21-77/h11-14,16,23,31-32,36-37,40-45,47-70,79-81,83,85-97H,15,17-22,24-30H2,1-10H3,(H,98,99)/b16-12+/t31-,32+,36-,37-,40+,41+,42+,43+,44+,45+,47+,48-,49-,50-,51-,52-,53-,54-,55+,56+,57+,58+,59+,60-,61-,62-,63+,64-,65-,66-,67-,68-,69-,70-,74+,75+,76-,77-,78-/m0/s1. The maximum Gasteiger partial charge on any atom is 0.331 e. The second kappa shape index (κ2) is 35.1. The van der Waals surface area contributed by atoms with Crippen molar-refractivity contribution in [3.63, 3.8) is 0 Å². The Morgan fingerprint density at radius 3 is 1.69 bits per heavy atom. The summed E-state index contributed by atoms with van der Waals surface area (Å²) in [4.78, 5) is 57.2. The number of rotatable bonds is 23. The third-order valence-corrected chi connectivity index (χ3v) is 27.5. The summed E-state index contributed by atoms with van der Waals surface area (Å²) in [5, 5.41) is 202. The highest BCUT2D eigenvalue weighted by Gasteiger charge is 2.74. The van der Waals surface area contributed by atoms with Crippen molar-refractivity contribution in [2.24, 2.45) is 50.2 Å². The molecule has 1 aromatic carbocycles. The molecule has 0 radical (unpaired) electrons. The van der Waals surface area contributed by atoms with Crippen molar-refractivity contribution in [1.29, 1.82) is 0 Å². The van der Waals surface area contributed by atoms with E-state index < -0.39 is 297 Å². The molecule has 6 aliphatic heterocycles. The number of aliphatic hydroxyl groups is 17. The molecule has 4 saturated carbocycles. The van der Waals surface area contributed by atoms with E-state index in [0.29, 0.717) is 36.3 Å². The van der Waals surface area contributed by atoms with Crippen LogP contribution in [0.4, 0.5) is 0 Å². The molecule has 10 fully saturated rings. The summed E-state index contributed by atoms with van der Waals surface area (Å²) in [5.74, 6) is -5.41. The number of carbonyl (C=O) groups excluding carboxylic acids is 3. The molecule has 0 amide bonds. The quantitative estimate of drug-likeness (QED) is 0.0164. The van der Waals surface area contributed by atoms with E-state index in [4.69, 9.17) is 75.8 Å². The van der Waals surface area contributed by atoms with Gasteiger partial charge in [-0.25, -0.2) is 4.79 Å². The number of aliphatic carboxylic acids is 1. The molecule has 0 bridgehead atoms. The van der Waals surface area contributed by atoms with Crippen molar-refractivity contribution in [1.82, 2.24) is 0 Å². The predicted molar refractivity (Wildman–Crippen MR) is 386 cm³/mol. The van der Waals surface area contributed by atoms with Crippen LogP contribution >= 0.6 is 0 Å². The lowest BCUT2D eigenvalue weighted by molar-refractivity contribution is -0.393. The zero-order valence-electron chi connectivity index (χ0n) is 66.2. The largest absolute Gasteiger partial charge is 0.493 e. The number of carboxylic acid groups (broad SMARTS) is 1. The Balaban J connectivity index is 0.878. The van der Waals surface area contributed by atoms with Crippen molar-refractivity contribution in [3.8, 4) is 11.5 Å². The Kier molecular flexibility index (Phi) is 27.3. The summed E-state index contributed by atoms with van der Waals surface area (Å²) in [5.41, 5.74) is -5.78. The van der Waals surface area contributed by atoms with E-state index in [-0.39, 0.29) is 38.5 Å². The van der Waals surface area contributed by atoms with Crippen LogP contribution in [0.25, 0.3) is 6.08 Å². The van der Waals surface area contributed by atoms with Crippen LogP contribution in [0.2, 0.25) is 0 Å². The minimum Gasteiger partial charge on any atom is -0.493 e. The van der Waals surface area contributed by atoms with Crippen LogP contribution in [0.15, 0.2) is 35.9 Å². The average molecular weight is 1660 g/mol. The molecule has 656 valence electrons. The number of aliphatic hydroxyl groups excluding tert-OH is 17. The summed E-state index contributed by atoms with van der Waals surface area (Å²) in [6.45, 7) is 9.95. The van der Waals surface area contributed by atoms with E-state index in [2.05, 4.69) is 6.92 Å². The number of fused-ring (bicyclic) bond motifs is 7. The molecular weight excluding hydrogens is 1540 g/mol. The number of methoxy groups -OCH3 is 2. The van der Waals surface area contributed by atoms with Crippen LogP contribution in [0, 0.1) is 50.2 Å². The van der Waals surface area contributed by atoms with E-state index >= 15 is 4.79 Å². The Hall–Kier alpha value is -4.94. The maximum atomic E-state index is 16.5. The van der Waals surface area contributed by atoms with Crippen LogP contribution in [-0.4, -0.2) is 353 Å². The topological polar surface area (TPSA) is 580 Å². The van der Waals surface area contributed by atoms with Gasteiger partial charge in [0.25, 0.3) is 0 Å². The lowest BCUT2D eigenvalue weighted by Gasteiger charge is -2.71. The minimum absolute atomic E-state index is 0.0434. The van der Waals surface area contributed by atoms with Gasteiger partial charge in [0.1, 0.15) is 129 Å². The van der Waals surface area contributed by atoms with Gasteiger partial charge in [0, 0.05) is 18.4 Å². The fourth-order valence-electron chi connectivity index (χ4n) is 20.9. The second-order valence-corrected chi connectivity index (χ2v) is 34.7. The third-order valence-electron chi connectivity index (χ3n) is 27.5. The van der Waals surface area contributed by atoms with Gasteiger partial charge in [0.05, 0.1) is 69.8 Å². The predicted octanol–water partition coefficient (Wildman–Crippen LogP) is -3.83. The third kappa shape index (κ3) is 16.2. The lowest BCUT2D eigenvalue weighted by Crippen LogP contribution is -2.71.